The summed E-state index contributed by atoms with van der Waals surface area (Å²) in [5.41, 5.74) is -0.870. The van der Waals surface area contributed by atoms with Crippen molar-refractivity contribution in [3.8, 4) is 0 Å². The molecule has 118 valence electrons. The van der Waals surface area contributed by atoms with E-state index in [4.69, 9.17) is 4.42 Å². The number of furan rings is 1. The molecule has 1 unspecified atom stereocenters. The molecule has 0 aromatic carbocycles. The number of carbonyl (C=O) groups is 1. The highest BCUT2D eigenvalue weighted by Gasteiger charge is 2.40. The molecule has 2 heterocycles. The predicted octanol–water partition coefficient (Wildman–Crippen LogP) is -0.505. The molecule has 2 rings (SSSR count). The van der Waals surface area contributed by atoms with E-state index >= 15 is 0 Å². The van der Waals surface area contributed by atoms with Crippen LogP contribution in [0.4, 0.5) is 0 Å². The summed E-state index contributed by atoms with van der Waals surface area (Å²) >= 11 is 0. The molecule has 0 bridgehead atoms. The molecule has 1 aliphatic heterocycles. The molecule has 1 aromatic rings. The van der Waals surface area contributed by atoms with Crippen LogP contribution in [0.25, 0.3) is 0 Å². The van der Waals surface area contributed by atoms with E-state index in [0.717, 1.165) is 6.07 Å². The van der Waals surface area contributed by atoms with Crippen LogP contribution in [0.15, 0.2) is 21.6 Å². The van der Waals surface area contributed by atoms with Crippen LogP contribution in [-0.2, 0) is 19.9 Å². The summed E-state index contributed by atoms with van der Waals surface area (Å²) in [6, 6.07) is 2.39. The highest BCUT2D eigenvalue weighted by molar-refractivity contribution is 7.91. The van der Waals surface area contributed by atoms with Gasteiger partial charge in [-0.25, -0.2) is 21.6 Å². The molecule has 8 nitrogen and oxygen atoms in total. The van der Waals surface area contributed by atoms with Crippen LogP contribution in [0, 0.1) is 0 Å². The lowest BCUT2D eigenvalue weighted by molar-refractivity contribution is 0.0881. The normalized spacial score (nSPS) is 24.9. The van der Waals surface area contributed by atoms with Crippen molar-refractivity contribution in [3.05, 3.63) is 17.9 Å². The lowest BCUT2D eigenvalue weighted by atomic mass is 10.0. The van der Waals surface area contributed by atoms with Crippen LogP contribution in [0.2, 0.25) is 0 Å². The van der Waals surface area contributed by atoms with Crippen LogP contribution < -0.4 is 10.0 Å². The fraction of sp³-hybridized carbons (Fsp3) is 0.545. The van der Waals surface area contributed by atoms with E-state index in [9.17, 15) is 21.6 Å². The first-order valence-corrected chi connectivity index (χ1v) is 9.44. The number of sulfone groups is 1. The van der Waals surface area contributed by atoms with Gasteiger partial charge in [0.15, 0.2) is 15.6 Å². The van der Waals surface area contributed by atoms with Crippen LogP contribution >= 0.6 is 0 Å². The third kappa shape index (κ3) is 3.44. The van der Waals surface area contributed by atoms with Crippen molar-refractivity contribution in [1.29, 1.82) is 0 Å². The minimum absolute atomic E-state index is 0.0152. The van der Waals surface area contributed by atoms with Gasteiger partial charge in [0, 0.05) is 0 Å². The summed E-state index contributed by atoms with van der Waals surface area (Å²) in [4.78, 5) is 12.0. The number of amides is 1. The molecule has 1 aromatic heterocycles. The molecule has 21 heavy (non-hydrogen) atoms. The van der Waals surface area contributed by atoms with Gasteiger partial charge in [0.1, 0.15) is 0 Å². The zero-order valence-electron chi connectivity index (χ0n) is 11.5. The van der Waals surface area contributed by atoms with Gasteiger partial charge in [0.25, 0.3) is 15.9 Å². The molecule has 1 fully saturated rings. The van der Waals surface area contributed by atoms with Crippen LogP contribution in [0.1, 0.15) is 23.9 Å². The van der Waals surface area contributed by atoms with E-state index in [1.807, 2.05) is 0 Å². The lowest BCUT2D eigenvalue weighted by Crippen LogP contribution is -2.46. The van der Waals surface area contributed by atoms with E-state index in [0.29, 0.717) is 6.42 Å². The molecular formula is C11H16N2O6S2. The second kappa shape index (κ2) is 5.11. The van der Waals surface area contributed by atoms with Crippen LogP contribution in [-0.4, -0.2) is 46.8 Å². The molecule has 1 atom stereocenters. The Kier molecular flexibility index (Phi) is 3.89. The van der Waals surface area contributed by atoms with E-state index in [-0.39, 0.29) is 22.4 Å². The van der Waals surface area contributed by atoms with Gasteiger partial charge in [-0.2, -0.15) is 0 Å². The Morgan fingerprint density at radius 1 is 1.38 bits per heavy atom. The first kappa shape index (κ1) is 16.0. The average Bonchev–Trinajstić information content (AvgIpc) is 2.95. The Balaban J connectivity index is 2.16. The summed E-state index contributed by atoms with van der Waals surface area (Å²) < 4.78 is 53.0. The molecule has 1 aliphatic rings. The van der Waals surface area contributed by atoms with Crippen molar-refractivity contribution in [3.63, 3.8) is 0 Å². The standard InChI is InChI=1S/C11H16N2O6S2/c1-11(5-6-20(15,16)7-11)13-10(14)8-3-4-9(19-8)21(17,18)12-2/h3-4,12H,5-7H2,1-2H3,(H,13,14). The smallest absolute Gasteiger partial charge is 0.287 e. The molecular weight excluding hydrogens is 320 g/mol. The Bertz CT molecular complexity index is 764. The average molecular weight is 336 g/mol. The number of carbonyl (C=O) groups excluding carboxylic acids is 1. The maximum Gasteiger partial charge on any atom is 0.287 e. The van der Waals surface area contributed by atoms with Crippen molar-refractivity contribution in [2.45, 2.75) is 24.0 Å². The van der Waals surface area contributed by atoms with E-state index in [1.54, 1.807) is 6.92 Å². The Labute approximate surface area is 122 Å². The Hall–Kier alpha value is -1.39. The summed E-state index contributed by atoms with van der Waals surface area (Å²) in [6.45, 7) is 1.63. The maximum atomic E-state index is 12.0. The topological polar surface area (TPSA) is 123 Å². The molecule has 1 amide bonds. The number of sulfonamides is 1. The second-order valence-electron chi connectivity index (χ2n) is 5.18. The molecule has 0 saturated carbocycles. The van der Waals surface area contributed by atoms with Crippen LogP contribution in [0.5, 0.6) is 0 Å². The van der Waals surface area contributed by atoms with Gasteiger partial charge >= 0.3 is 0 Å². The quantitative estimate of drug-likeness (QED) is 0.764. The predicted molar refractivity (Wildman–Crippen MR) is 74.1 cm³/mol. The van der Waals surface area contributed by atoms with Crippen molar-refractivity contribution >= 4 is 25.8 Å². The minimum Gasteiger partial charge on any atom is -0.438 e. The molecule has 1 saturated heterocycles. The van der Waals surface area contributed by atoms with Gasteiger partial charge in [0.05, 0.1) is 17.0 Å². The maximum absolute atomic E-state index is 12.0. The molecule has 10 heteroatoms. The zero-order valence-corrected chi connectivity index (χ0v) is 13.2. The van der Waals surface area contributed by atoms with Gasteiger partial charge in [-0.3, -0.25) is 4.79 Å². The molecule has 0 aliphatic carbocycles. The minimum atomic E-state index is -3.76. The highest BCUT2D eigenvalue weighted by Crippen LogP contribution is 2.23. The molecule has 0 spiro atoms. The first-order chi connectivity index (χ1) is 9.57. The second-order valence-corrected chi connectivity index (χ2v) is 9.18. The third-order valence-corrected chi connectivity index (χ3v) is 6.45. The number of hydrogen-bond donors (Lipinski definition) is 2. The first-order valence-electron chi connectivity index (χ1n) is 6.13. The van der Waals surface area contributed by atoms with Crippen molar-refractivity contribution < 1.29 is 26.0 Å². The summed E-state index contributed by atoms with van der Waals surface area (Å²) in [7, 11) is -5.70. The van der Waals surface area contributed by atoms with E-state index < -0.39 is 31.3 Å². The summed E-state index contributed by atoms with van der Waals surface area (Å²) in [5, 5.41) is 2.21. The van der Waals surface area contributed by atoms with Crippen molar-refractivity contribution in [2.75, 3.05) is 18.6 Å². The van der Waals surface area contributed by atoms with Gasteiger partial charge < -0.3 is 9.73 Å². The van der Waals surface area contributed by atoms with Gasteiger partial charge in [-0.05, 0) is 32.5 Å². The SMILES string of the molecule is CNS(=O)(=O)c1ccc(C(=O)NC2(C)CCS(=O)(=O)C2)o1. The fourth-order valence-corrected chi connectivity index (χ4v) is 4.87. The Morgan fingerprint density at radius 2 is 2.05 bits per heavy atom. The lowest BCUT2D eigenvalue weighted by Gasteiger charge is -2.22. The van der Waals surface area contributed by atoms with Crippen molar-refractivity contribution in [2.24, 2.45) is 0 Å². The van der Waals surface area contributed by atoms with Gasteiger partial charge in [-0.1, -0.05) is 0 Å². The highest BCUT2D eigenvalue weighted by atomic mass is 32.2. The Morgan fingerprint density at radius 3 is 2.57 bits per heavy atom. The molecule has 0 radical (unpaired) electrons. The summed E-state index contributed by atoms with van der Waals surface area (Å²) in [6.07, 6.45) is 0.309. The number of hydrogen-bond acceptors (Lipinski definition) is 6. The summed E-state index contributed by atoms with van der Waals surface area (Å²) in [5.74, 6) is -0.961. The number of nitrogens with one attached hydrogen (secondary N) is 2. The monoisotopic (exact) mass is 336 g/mol. The van der Waals surface area contributed by atoms with Gasteiger partial charge in [0.2, 0.25) is 5.09 Å². The fourth-order valence-electron chi connectivity index (χ4n) is 2.13. The number of rotatable bonds is 4. The van der Waals surface area contributed by atoms with E-state index in [2.05, 4.69) is 10.0 Å². The van der Waals surface area contributed by atoms with Crippen molar-refractivity contribution in [1.82, 2.24) is 10.0 Å². The van der Waals surface area contributed by atoms with Gasteiger partial charge in [-0.15, -0.1) is 0 Å². The largest absolute Gasteiger partial charge is 0.438 e. The van der Waals surface area contributed by atoms with E-state index in [1.165, 1.54) is 13.1 Å². The third-order valence-electron chi connectivity index (χ3n) is 3.26. The zero-order chi connectivity index (χ0) is 15.9. The molecule has 2 N–H and O–H groups in total. The van der Waals surface area contributed by atoms with Crippen LogP contribution in [0.3, 0.4) is 0 Å².